The molecule has 0 aliphatic carbocycles. The van der Waals surface area contributed by atoms with Crippen LogP contribution in [-0.4, -0.2) is 48.9 Å². The Morgan fingerprint density at radius 2 is 1.78 bits per heavy atom. The van der Waals surface area contributed by atoms with E-state index in [1.54, 1.807) is 0 Å². The van der Waals surface area contributed by atoms with E-state index < -0.39 is 6.04 Å². The van der Waals surface area contributed by atoms with Gasteiger partial charge in [-0.1, -0.05) is 32.6 Å². The van der Waals surface area contributed by atoms with Gasteiger partial charge in [0.15, 0.2) is 0 Å². The van der Waals surface area contributed by atoms with Crippen molar-refractivity contribution >= 4 is 11.9 Å². The molecule has 0 aromatic rings. The van der Waals surface area contributed by atoms with Crippen molar-refractivity contribution in [1.29, 1.82) is 0 Å². The molecule has 0 aliphatic rings. The molecule has 0 heterocycles. The van der Waals surface area contributed by atoms with E-state index in [1.165, 1.54) is 33.1 Å². The number of carbonyl (C=O) groups excluding carboxylic acids is 2. The van der Waals surface area contributed by atoms with Crippen molar-refractivity contribution in [3.63, 3.8) is 0 Å². The van der Waals surface area contributed by atoms with E-state index in [0.29, 0.717) is 13.0 Å². The first-order valence-electron chi connectivity index (χ1n) is 8.62. The summed E-state index contributed by atoms with van der Waals surface area (Å²) in [5, 5.41) is 11.7. The van der Waals surface area contributed by atoms with Gasteiger partial charge in [0.2, 0.25) is 5.91 Å². The lowest BCUT2D eigenvalue weighted by Gasteiger charge is -2.19. The molecule has 2 N–H and O–H groups in total. The smallest absolute Gasteiger partial charge is 0.302 e. The highest BCUT2D eigenvalue weighted by molar-refractivity contribution is 5.73. The van der Waals surface area contributed by atoms with Crippen molar-refractivity contribution < 1.29 is 24.2 Å². The monoisotopic (exact) mass is 331 g/mol. The van der Waals surface area contributed by atoms with Gasteiger partial charge in [0.05, 0.1) is 25.9 Å². The van der Waals surface area contributed by atoms with Gasteiger partial charge < -0.3 is 19.9 Å². The second-order valence-corrected chi connectivity index (χ2v) is 5.88. The molecule has 0 bridgehead atoms. The van der Waals surface area contributed by atoms with Crippen molar-refractivity contribution in [1.82, 2.24) is 5.32 Å². The summed E-state index contributed by atoms with van der Waals surface area (Å²) in [5.41, 5.74) is 0. The number of carbonyl (C=O) groups is 2. The van der Waals surface area contributed by atoms with E-state index in [-0.39, 0.29) is 31.2 Å². The Hall–Kier alpha value is -1.14. The molecule has 6 heteroatoms. The van der Waals surface area contributed by atoms with Crippen molar-refractivity contribution in [2.75, 3.05) is 19.8 Å². The van der Waals surface area contributed by atoms with Crippen molar-refractivity contribution in [3.8, 4) is 0 Å². The predicted molar refractivity (Wildman–Crippen MR) is 89.1 cm³/mol. The Morgan fingerprint density at radius 3 is 2.35 bits per heavy atom. The van der Waals surface area contributed by atoms with E-state index in [2.05, 4.69) is 12.2 Å². The lowest BCUT2D eigenvalue weighted by atomic mass is 10.1. The van der Waals surface area contributed by atoms with Crippen molar-refractivity contribution in [2.45, 2.75) is 77.9 Å². The summed E-state index contributed by atoms with van der Waals surface area (Å²) in [6.45, 7) is 5.52. The average molecular weight is 331 g/mol. The molecule has 23 heavy (non-hydrogen) atoms. The van der Waals surface area contributed by atoms with Crippen LogP contribution in [0, 0.1) is 0 Å². The standard InChI is InChI=1S/C17H33NO5/c1-4-5-6-7-8-9-17(23-15(3)21)10-11-22-13-16(12-19)18-14(2)20/h16-17,19H,4-13H2,1-3H3,(H,18,20)/t16-,17+/m0/s1. The zero-order chi connectivity index (χ0) is 17.5. The fraction of sp³-hybridized carbons (Fsp3) is 0.882. The minimum Gasteiger partial charge on any atom is -0.462 e. The van der Waals surface area contributed by atoms with Gasteiger partial charge in [-0.05, 0) is 12.8 Å². The molecule has 0 aromatic carbocycles. The van der Waals surface area contributed by atoms with Crippen LogP contribution in [0.15, 0.2) is 0 Å². The molecule has 0 saturated heterocycles. The number of hydrogen-bond acceptors (Lipinski definition) is 5. The van der Waals surface area contributed by atoms with Gasteiger partial charge in [0.1, 0.15) is 6.10 Å². The molecular formula is C17H33NO5. The SMILES string of the molecule is CCCCCCC[C@H](CCOC[C@H](CO)NC(C)=O)OC(C)=O. The van der Waals surface area contributed by atoms with Gasteiger partial charge in [-0.25, -0.2) is 0 Å². The van der Waals surface area contributed by atoms with Gasteiger partial charge in [-0.15, -0.1) is 0 Å². The van der Waals surface area contributed by atoms with Gasteiger partial charge in [-0.2, -0.15) is 0 Å². The maximum Gasteiger partial charge on any atom is 0.302 e. The highest BCUT2D eigenvalue weighted by Gasteiger charge is 2.13. The van der Waals surface area contributed by atoms with Crippen LogP contribution in [0.2, 0.25) is 0 Å². The van der Waals surface area contributed by atoms with E-state index in [1.807, 2.05) is 0 Å². The summed E-state index contributed by atoms with van der Waals surface area (Å²) in [6, 6.07) is -0.395. The number of nitrogens with one attached hydrogen (secondary N) is 1. The summed E-state index contributed by atoms with van der Waals surface area (Å²) >= 11 is 0. The van der Waals surface area contributed by atoms with Crippen molar-refractivity contribution in [2.24, 2.45) is 0 Å². The molecule has 0 aliphatic heterocycles. The van der Waals surface area contributed by atoms with Crippen LogP contribution in [0.4, 0.5) is 0 Å². The number of rotatable bonds is 14. The van der Waals surface area contributed by atoms with Gasteiger partial charge in [0, 0.05) is 20.3 Å². The Balaban J connectivity index is 3.94. The molecule has 0 aromatic heterocycles. The quantitative estimate of drug-likeness (QED) is 0.376. The third kappa shape index (κ3) is 14.2. The lowest BCUT2D eigenvalue weighted by molar-refractivity contribution is -0.147. The largest absolute Gasteiger partial charge is 0.462 e. The van der Waals surface area contributed by atoms with E-state index >= 15 is 0 Å². The van der Waals surface area contributed by atoms with Crippen LogP contribution in [0.1, 0.15) is 65.7 Å². The summed E-state index contributed by atoms with van der Waals surface area (Å²) in [5.74, 6) is -0.465. The number of hydrogen-bond donors (Lipinski definition) is 2. The third-order valence-corrected chi connectivity index (χ3v) is 3.49. The second kappa shape index (κ2) is 14.5. The normalized spacial score (nSPS) is 13.4. The number of amides is 1. The minimum absolute atomic E-state index is 0.123. The van der Waals surface area contributed by atoms with E-state index in [9.17, 15) is 9.59 Å². The Morgan fingerprint density at radius 1 is 1.09 bits per heavy atom. The van der Waals surface area contributed by atoms with Crippen LogP contribution >= 0.6 is 0 Å². The molecule has 0 unspecified atom stereocenters. The summed E-state index contributed by atoms with van der Waals surface area (Å²) in [4.78, 5) is 22.1. The highest BCUT2D eigenvalue weighted by atomic mass is 16.5. The zero-order valence-electron chi connectivity index (χ0n) is 14.8. The maximum atomic E-state index is 11.2. The number of unbranched alkanes of at least 4 members (excludes halogenated alkanes) is 4. The minimum atomic E-state index is -0.395. The molecule has 6 nitrogen and oxygen atoms in total. The number of ether oxygens (including phenoxy) is 2. The molecule has 0 fully saturated rings. The maximum absolute atomic E-state index is 11.2. The number of aliphatic hydroxyl groups excluding tert-OH is 1. The average Bonchev–Trinajstić information content (AvgIpc) is 2.48. The molecule has 1 amide bonds. The van der Waals surface area contributed by atoms with E-state index in [4.69, 9.17) is 14.6 Å². The lowest BCUT2D eigenvalue weighted by Crippen LogP contribution is -2.39. The van der Waals surface area contributed by atoms with E-state index in [0.717, 1.165) is 19.3 Å². The number of esters is 1. The fourth-order valence-electron chi connectivity index (χ4n) is 2.34. The third-order valence-electron chi connectivity index (χ3n) is 3.49. The van der Waals surface area contributed by atoms with Crippen LogP contribution in [0.3, 0.4) is 0 Å². The molecule has 0 spiro atoms. The Kier molecular flexibility index (Phi) is 13.7. The van der Waals surface area contributed by atoms with Crippen LogP contribution in [0.25, 0.3) is 0 Å². The second-order valence-electron chi connectivity index (χ2n) is 5.88. The Labute approximate surface area is 139 Å². The van der Waals surface area contributed by atoms with Crippen LogP contribution in [-0.2, 0) is 19.1 Å². The molecule has 0 saturated carbocycles. The first-order chi connectivity index (χ1) is 11.0. The zero-order valence-corrected chi connectivity index (χ0v) is 14.8. The molecule has 0 rings (SSSR count). The predicted octanol–water partition coefficient (Wildman–Crippen LogP) is 2.18. The van der Waals surface area contributed by atoms with Crippen LogP contribution < -0.4 is 5.32 Å². The molecule has 0 radical (unpaired) electrons. The number of aliphatic hydroxyl groups is 1. The highest BCUT2D eigenvalue weighted by Crippen LogP contribution is 2.12. The Bertz CT molecular complexity index is 322. The summed E-state index contributed by atoms with van der Waals surface area (Å²) < 4.78 is 10.8. The van der Waals surface area contributed by atoms with Gasteiger partial charge in [-0.3, -0.25) is 9.59 Å². The molecular weight excluding hydrogens is 298 g/mol. The first-order valence-corrected chi connectivity index (χ1v) is 8.62. The van der Waals surface area contributed by atoms with Crippen molar-refractivity contribution in [3.05, 3.63) is 0 Å². The first kappa shape index (κ1) is 21.9. The molecule has 2 atom stereocenters. The molecule has 136 valence electrons. The summed E-state index contributed by atoms with van der Waals surface area (Å²) in [6.07, 6.45) is 7.23. The topological polar surface area (TPSA) is 84.9 Å². The van der Waals surface area contributed by atoms with Gasteiger partial charge in [0.25, 0.3) is 0 Å². The summed E-state index contributed by atoms with van der Waals surface area (Å²) in [7, 11) is 0. The fourth-order valence-corrected chi connectivity index (χ4v) is 2.34. The van der Waals surface area contributed by atoms with Crippen LogP contribution in [0.5, 0.6) is 0 Å². The van der Waals surface area contributed by atoms with Gasteiger partial charge >= 0.3 is 5.97 Å².